The van der Waals surface area contributed by atoms with Gasteiger partial charge in [-0.2, -0.15) is 0 Å². The lowest BCUT2D eigenvalue weighted by Crippen LogP contribution is -2.09. The third-order valence-electron chi connectivity index (χ3n) is 4.27. The molecule has 10 heteroatoms. The van der Waals surface area contributed by atoms with Gasteiger partial charge >= 0.3 is 0 Å². The molecule has 0 amide bonds. The molecule has 4 aromatic rings. The molecule has 2 heterocycles. The highest BCUT2D eigenvalue weighted by atomic mass is 32.2. The Morgan fingerprint density at radius 3 is 2.53 bits per heavy atom. The standard InChI is InChI=1S/C20H21N5O4S/c1-14-19-21-18(15-7-6-8-16(13-15)24-30(2,26)27)22-25(19)23-20(14)29-12-11-28-17-9-4-3-5-10-17/h3-10,13,24H,11-12H2,1-2H3,(H,21,22). The van der Waals surface area contributed by atoms with E-state index in [0.29, 0.717) is 36.3 Å². The zero-order valence-electron chi connectivity index (χ0n) is 16.5. The third-order valence-corrected chi connectivity index (χ3v) is 4.87. The minimum atomic E-state index is -3.36. The fourth-order valence-corrected chi connectivity index (χ4v) is 3.49. The van der Waals surface area contributed by atoms with Crippen LogP contribution in [0.4, 0.5) is 5.69 Å². The topological polar surface area (TPSA) is 111 Å². The first kappa shape index (κ1) is 19.8. The van der Waals surface area contributed by atoms with Crippen LogP contribution in [0.25, 0.3) is 17.0 Å². The molecule has 9 nitrogen and oxygen atoms in total. The van der Waals surface area contributed by atoms with Gasteiger partial charge in [-0.05, 0) is 31.2 Å². The van der Waals surface area contributed by atoms with Crippen molar-refractivity contribution in [3.8, 4) is 23.0 Å². The molecule has 0 unspecified atom stereocenters. The summed E-state index contributed by atoms with van der Waals surface area (Å²) in [7, 11) is -3.36. The number of hydrogen-bond acceptors (Lipinski definition) is 6. The van der Waals surface area contributed by atoms with Gasteiger partial charge in [-0.15, -0.1) is 14.8 Å². The molecule has 0 bridgehead atoms. The van der Waals surface area contributed by atoms with Gasteiger partial charge < -0.3 is 14.5 Å². The van der Waals surface area contributed by atoms with Crippen molar-refractivity contribution in [3.63, 3.8) is 0 Å². The molecule has 0 spiro atoms. The maximum atomic E-state index is 11.4. The first-order chi connectivity index (χ1) is 14.4. The van der Waals surface area contributed by atoms with Gasteiger partial charge in [0, 0.05) is 11.3 Å². The smallest absolute Gasteiger partial charge is 0.240 e. The SMILES string of the molecule is Cc1c(OCCOc2ccccc2)nn2nc(-c3cccc(NS(C)(=O)=O)c3)[nH]c12. The average Bonchev–Trinajstić information content (AvgIpc) is 3.25. The average molecular weight is 427 g/mol. The monoisotopic (exact) mass is 427 g/mol. The molecule has 0 aliphatic rings. The van der Waals surface area contributed by atoms with Crippen LogP contribution in [0.2, 0.25) is 0 Å². The number of nitrogens with one attached hydrogen (secondary N) is 2. The molecule has 2 N–H and O–H groups in total. The van der Waals surface area contributed by atoms with Crippen molar-refractivity contribution in [1.82, 2.24) is 19.8 Å². The van der Waals surface area contributed by atoms with Crippen molar-refractivity contribution in [2.75, 3.05) is 24.2 Å². The minimum Gasteiger partial charge on any atom is -0.490 e. The van der Waals surface area contributed by atoms with E-state index in [1.807, 2.05) is 43.3 Å². The molecule has 0 saturated heterocycles. The van der Waals surface area contributed by atoms with E-state index in [1.165, 1.54) is 4.63 Å². The van der Waals surface area contributed by atoms with E-state index in [9.17, 15) is 8.42 Å². The van der Waals surface area contributed by atoms with E-state index in [2.05, 4.69) is 19.9 Å². The number of rotatable bonds is 8. The summed E-state index contributed by atoms with van der Waals surface area (Å²) in [6.45, 7) is 2.63. The highest BCUT2D eigenvalue weighted by Gasteiger charge is 2.15. The molecule has 0 saturated carbocycles. The van der Waals surface area contributed by atoms with E-state index in [-0.39, 0.29) is 0 Å². The molecule has 30 heavy (non-hydrogen) atoms. The molecule has 0 aliphatic heterocycles. The second-order valence-electron chi connectivity index (χ2n) is 6.71. The van der Waals surface area contributed by atoms with Crippen LogP contribution >= 0.6 is 0 Å². The van der Waals surface area contributed by atoms with Gasteiger partial charge in [-0.1, -0.05) is 30.3 Å². The number of benzene rings is 2. The predicted octanol–water partition coefficient (Wildman–Crippen LogP) is 2.86. The zero-order chi connectivity index (χ0) is 21.1. The van der Waals surface area contributed by atoms with Gasteiger partial charge in [-0.3, -0.25) is 4.72 Å². The number of hydrogen-bond donors (Lipinski definition) is 2. The minimum absolute atomic E-state index is 0.349. The maximum absolute atomic E-state index is 11.4. The van der Waals surface area contributed by atoms with Gasteiger partial charge in [0.15, 0.2) is 11.5 Å². The molecular weight excluding hydrogens is 406 g/mol. The summed E-state index contributed by atoms with van der Waals surface area (Å²) in [5.74, 6) is 1.83. The Kier molecular flexibility index (Phi) is 5.32. The number of aromatic nitrogens is 4. The predicted molar refractivity (Wildman–Crippen MR) is 113 cm³/mol. The van der Waals surface area contributed by atoms with Crippen LogP contribution in [0.15, 0.2) is 54.6 Å². The summed E-state index contributed by atoms with van der Waals surface area (Å²) >= 11 is 0. The van der Waals surface area contributed by atoms with Crippen LogP contribution in [-0.4, -0.2) is 47.7 Å². The first-order valence-corrected chi connectivity index (χ1v) is 11.1. The van der Waals surface area contributed by atoms with E-state index in [1.54, 1.807) is 18.2 Å². The second kappa shape index (κ2) is 8.07. The van der Waals surface area contributed by atoms with Crippen LogP contribution in [0.3, 0.4) is 0 Å². The second-order valence-corrected chi connectivity index (χ2v) is 8.46. The fourth-order valence-electron chi connectivity index (χ4n) is 2.94. The lowest BCUT2D eigenvalue weighted by atomic mass is 10.2. The van der Waals surface area contributed by atoms with Crippen molar-refractivity contribution < 1.29 is 17.9 Å². The lowest BCUT2D eigenvalue weighted by Gasteiger charge is -2.06. The van der Waals surface area contributed by atoms with Crippen molar-refractivity contribution in [1.29, 1.82) is 0 Å². The number of H-pyrrole nitrogens is 1. The van der Waals surface area contributed by atoms with Crippen molar-refractivity contribution in [3.05, 3.63) is 60.2 Å². The Labute approximate surface area is 173 Å². The van der Waals surface area contributed by atoms with Crippen molar-refractivity contribution in [2.45, 2.75) is 6.92 Å². The summed E-state index contributed by atoms with van der Waals surface area (Å²) in [5.41, 5.74) is 2.71. The summed E-state index contributed by atoms with van der Waals surface area (Å²) < 4.78 is 38.2. The number of fused-ring (bicyclic) bond motifs is 1. The number of anilines is 1. The van der Waals surface area contributed by atoms with Crippen LogP contribution in [0.5, 0.6) is 11.6 Å². The van der Waals surface area contributed by atoms with E-state index in [0.717, 1.165) is 23.1 Å². The van der Waals surface area contributed by atoms with Gasteiger partial charge in [0.05, 0.1) is 11.8 Å². The van der Waals surface area contributed by atoms with Crippen LogP contribution in [0.1, 0.15) is 5.56 Å². The molecule has 2 aromatic heterocycles. The van der Waals surface area contributed by atoms with Crippen molar-refractivity contribution in [2.24, 2.45) is 0 Å². The number of sulfonamides is 1. The molecule has 156 valence electrons. The number of para-hydroxylation sites is 1. The number of aromatic amines is 1. The summed E-state index contributed by atoms with van der Waals surface area (Å²) in [4.78, 5) is 3.21. The Morgan fingerprint density at radius 1 is 1.03 bits per heavy atom. The molecule has 2 aromatic carbocycles. The molecule has 0 aliphatic carbocycles. The molecule has 0 atom stereocenters. The normalized spacial score (nSPS) is 11.5. The summed E-state index contributed by atoms with van der Waals surface area (Å²) in [6.07, 6.45) is 1.11. The maximum Gasteiger partial charge on any atom is 0.240 e. The number of nitrogens with zero attached hydrogens (tertiary/aromatic N) is 3. The fraction of sp³-hybridized carbons (Fsp3) is 0.200. The largest absolute Gasteiger partial charge is 0.490 e. The summed E-state index contributed by atoms with van der Waals surface area (Å²) in [5, 5.41) is 8.81. The van der Waals surface area contributed by atoms with Gasteiger partial charge in [0.25, 0.3) is 0 Å². The van der Waals surface area contributed by atoms with Gasteiger partial charge in [0.1, 0.15) is 19.0 Å². The first-order valence-electron chi connectivity index (χ1n) is 9.23. The quantitative estimate of drug-likeness (QED) is 0.418. The highest BCUT2D eigenvalue weighted by Crippen LogP contribution is 2.25. The molecule has 0 radical (unpaired) electrons. The van der Waals surface area contributed by atoms with E-state index in [4.69, 9.17) is 9.47 Å². The van der Waals surface area contributed by atoms with E-state index >= 15 is 0 Å². The Morgan fingerprint density at radius 2 is 1.80 bits per heavy atom. The van der Waals surface area contributed by atoms with Crippen LogP contribution in [-0.2, 0) is 10.0 Å². The lowest BCUT2D eigenvalue weighted by molar-refractivity contribution is 0.210. The Hall–Kier alpha value is -3.53. The van der Waals surface area contributed by atoms with Gasteiger partial charge in [-0.25, -0.2) is 8.42 Å². The third kappa shape index (κ3) is 4.54. The number of ether oxygens (including phenoxy) is 2. The molecule has 0 fully saturated rings. The van der Waals surface area contributed by atoms with Crippen LogP contribution < -0.4 is 14.2 Å². The summed E-state index contributed by atoms with van der Waals surface area (Å²) in [6, 6.07) is 16.5. The molecular formula is C20H21N5O4S. The number of aryl methyl sites for hydroxylation is 1. The van der Waals surface area contributed by atoms with Crippen molar-refractivity contribution >= 4 is 21.4 Å². The highest BCUT2D eigenvalue weighted by molar-refractivity contribution is 7.92. The van der Waals surface area contributed by atoms with E-state index < -0.39 is 10.0 Å². The zero-order valence-corrected chi connectivity index (χ0v) is 17.3. The van der Waals surface area contributed by atoms with Crippen LogP contribution in [0, 0.1) is 6.92 Å². The van der Waals surface area contributed by atoms with Gasteiger partial charge in [0.2, 0.25) is 15.9 Å². The Balaban J connectivity index is 1.45. The Bertz CT molecular complexity index is 1270. The molecule has 4 rings (SSSR count).